The van der Waals surface area contributed by atoms with E-state index >= 15 is 0 Å². The van der Waals surface area contributed by atoms with E-state index in [0.29, 0.717) is 0 Å². The largest absolute Gasteiger partial charge is 0.415 e. The van der Waals surface area contributed by atoms with Crippen molar-refractivity contribution < 1.29 is 18.3 Å². The maximum Gasteiger partial charge on any atom is 0.415 e. The number of hydrogen-bond acceptors (Lipinski definition) is 3. The molecule has 2 unspecified atom stereocenters. The van der Waals surface area contributed by atoms with Gasteiger partial charge in [0.25, 0.3) is 0 Å². The van der Waals surface area contributed by atoms with Crippen molar-refractivity contribution in [1.29, 1.82) is 0 Å². The summed E-state index contributed by atoms with van der Waals surface area (Å²) in [6, 6.07) is -0.0376. The van der Waals surface area contributed by atoms with Crippen molar-refractivity contribution in [2.75, 3.05) is 27.2 Å². The topological polar surface area (TPSA) is 35.5 Å². The van der Waals surface area contributed by atoms with Gasteiger partial charge in [-0.15, -0.1) is 0 Å². The van der Waals surface area contributed by atoms with Gasteiger partial charge in [-0.25, -0.2) is 0 Å². The van der Waals surface area contributed by atoms with Gasteiger partial charge in [0.15, 0.2) is 6.10 Å². The molecule has 0 aromatic heterocycles. The van der Waals surface area contributed by atoms with Crippen LogP contribution in [0.2, 0.25) is 0 Å². The molecule has 0 saturated heterocycles. The molecule has 0 saturated carbocycles. The van der Waals surface area contributed by atoms with E-state index in [0.717, 1.165) is 13.0 Å². The van der Waals surface area contributed by atoms with Crippen LogP contribution in [0, 0.1) is 0 Å². The highest BCUT2D eigenvalue weighted by molar-refractivity contribution is 4.71. The SMILES string of the molecule is CC(CCN(C)C)NCC(O)C(F)(F)F. The minimum absolute atomic E-state index is 0.0376. The fourth-order valence-corrected chi connectivity index (χ4v) is 0.982. The van der Waals surface area contributed by atoms with Gasteiger partial charge in [0.05, 0.1) is 0 Å². The van der Waals surface area contributed by atoms with Gasteiger partial charge >= 0.3 is 6.18 Å². The molecular weight excluding hydrogens is 209 g/mol. The maximum absolute atomic E-state index is 11.9. The Kier molecular flexibility index (Phi) is 6.16. The number of halogens is 3. The molecular formula is C9H19F3N2O. The van der Waals surface area contributed by atoms with Crippen molar-refractivity contribution in [2.24, 2.45) is 0 Å². The zero-order valence-corrected chi connectivity index (χ0v) is 9.30. The van der Waals surface area contributed by atoms with Crippen LogP contribution in [0.3, 0.4) is 0 Å². The predicted octanol–water partition coefficient (Wildman–Crippen LogP) is 0.839. The summed E-state index contributed by atoms with van der Waals surface area (Å²) >= 11 is 0. The Morgan fingerprint density at radius 3 is 2.27 bits per heavy atom. The molecule has 0 radical (unpaired) electrons. The summed E-state index contributed by atoms with van der Waals surface area (Å²) in [7, 11) is 3.80. The van der Waals surface area contributed by atoms with Gasteiger partial charge in [-0.05, 0) is 34.0 Å². The lowest BCUT2D eigenvalue weighted by Crippen LogP contribution is -2.42. The Hall–Kier alpha value is -0.330. The van der Waals surface area contributed by atoms with E-state index in [-0.39, 0.29) is 6.04 Å². The third-order valence-electron chi connectivity index (χ3n) is 2.05. The summed E-state index contributed by atoms with van der Waals surface area (Å²) in [6.45, 7) is 2.15. The lowest BCUT2D eigenvalue weighted by Gasteiger charge is -2.20. The van der Waals surface area contributed by atoms with Crippen molar-refractivity contribution in [2.45, 2.75) is 31.7 Å². The second-order valence-electron chi connectivity index (χ2n) is 3.96. The standard InChI is InChI=1S/C9H19F3N2O/c1-7(4-5-14(2)3)13-6-8(15)9(10,11)12/h7-8,13,15H,4-6H2,1-3H3. The van der Waals surface area contributed by atoms with E-state index in [1.165, 1.54) is 0 Å². The van der Waals surface area contributed by atoms with Crippen LogP contribution >= 0.6 is 0 Å². The van der Waals surface area contributed by atoms with Crippen molar-refractivity contribution in [3.63, 3.8) is 0 Å². The predicted molar refractivity (Wildman–Crippen MR) is 52.7 cm³/mol. The molecule has 0 heterocycles. The van der Waals surface area contributed by atoms with Gasteiger partial charge < -0.3 is 15.3 Å². The van der Waals surface area contributed by atoms with Crippen molar-refractivity contribution in [3.8, 4) is 0 Å². The molecule has 0 spiro atoms. The van der Waals surface area contributed by atoms with Crippen LogP contribution in [-0.4, -0.2) is 55.5 Å². The summed E-state index contributed by atoms with van der Waals surface area (Å²) in [5, 5.41) is 11.4. The van der Waals surface area contributed by atoms with Crippen LogP contribution in [0.25, 0.3) is 0 Å². The van der Waals surface area contributed by atoms with Crippen LogP contribution in [0.15, 0.2) is 0 Å². The quantitative estimate of drug-likeness (QED) is 0.707. The summed E-state index contributed by atoms with van der Waals surface area (Å²) in [5.41, 5.74) is 0. The Labute approximate surface area is 88.3 Å². The Balaban J connectivity index is 3.66. The van der Waals surface area contributed by atoms with Crippen molar-refractivity contribution in [3.05, 3.63) is 0 Å². The second-order valence-corrected chi connectivity index (χ2v) is 3.96. The first kappa shape index (κ1) is 14.7. The molecule has 0 aromatic carbocycles. The van der Waals surface area contributed by atoms with Gasteiger partial charge in [-0.3, -0.25) is 0 Å². The molecule has 0 aliphatic carbocycles. The fraction of sp³-hybridized carbons (Fsp3) is 1.00. The molecule has 0 fully saturated rings. The number of rotatable bonds is 6. The van der Waals surface area contributed by atoms with E-state index in [1.54, 1.807) is 6.92 Å². The van der Waals surface area contributed by atoms with Crippen molar-refractivity contribution in [1.82, 2.24) is 10.2 Å². The zero-order valence-electron chi connectivity index (χ0n) is 9.30. The third kappa shape index (κ3) is 7.58. The first-order valence-electron chi connectivity index (χ1n) is 4.86. The minimum atomic E-state index is -4.53. The summed E-state index contributed by atoms with van der Waals surface area (Å²) < 4.78 is 35.7. The molecule has 2 N–H and O–H groups in total. The first-order chi connectivity index (χ1) is 6.73. The summed E-state index contributed by atoms with van der Waals surface area (Å²) in [4.78, 5) is 1.96. The van der Waals surface area contributed by atoms with Crippen LogP contribution in [-0.2, 0) is 0 Å². The number of aliphatic hydroxyl groups excluding tert-OH is 1. The zero-order chi connectivity index (χ0) is 12.1. The second kappa shape index (κ2) is 6.30. The molecule has 0 aromatic rings. The van der Waals surface area contributed by atoms with Gasteiger partial charge in [0, 0.05) is 12.6 Å². The van der Waals surface area contributed by atoms with Gasteiger partial charge in [-0.2, -0.15) is 13.2 Å². The average molecular weight is 228 g/mol. The first-order valence-corrected chi connectivity index (χ1v) is 4.86. The lowest BCUT2D eigenvalue weighted by atomic mass is 10.2. The average Bonchev–Trinajstić information content (AvgIpc) is 2.09. The van der Waals surface area contributed by atoms with E-state index in [1.807, 2.05) is 19.0 Å². The Bertz CT molecular complexity index is 173. The fourth-order valence-electron chi connectivity index (χ4n) is 0.982. The molecule has 2 atom stereocenters. The minimum Gasteiger partial charge on any atom is -0.382 e. The summed E-state index contributed by atoms with van der Waals surface area (Å²) in [5.74, 6) is 0. The van der Waals surface area contributed by atoms with Crippen LogP contribution in [0.1, 0.15) is 13.3 Å². The van der Waals surface area contributed by atoms with E-state index in [4.69, 9.17) is 5.11 Å². The Morgan fingerprint density at radius 1 is 1.33 bits per heavy atom. The van der Waals surface area contributed by atoms with E-state index in [9.17, 15) is 13.2 Å². The number of aliphatic hydroxyl groups is 1. The van der Waals surface area contributed by atoms with Gasteiger partial charge in [0.2, 0.25) is 0 Å². The number of nitrogens with zero attached hydrogens (tertiary/aromatic N) is 1. The number of hydrogen-bond donors (Lipinski definition) is 2. The Morgan fingerprint density at radius 2 is 1.87 bits per heavy atom. The highest BCUT2D eigenvalue weighted by Gasteiger charge is 2.37. The molecule has 0 aliphatic heterocycles. The van der Waals surface area contributed by atoms with Crippen LogP contribution < -0.4 is 5.32 Å². The summed E-state index contributed by atoms with van der Waals surface area (Å²) in [6.07, 6.45) is -6.06. The van der Waals surface area contributed by atoms with Crippen LogP contribution in [0.5, 0.6) is 0 Å². The monoisotopic (exact) mass is 228 g/mol. The van der Waals surface area contributed by atoms with Gasteiger partial charge in [0.1, 0.15) is 0 Å². The molecule has 0 rings (SSSR count). The number of alkyl halides is 3. The highest BCUT2D eigenvalue weighted by atomic mass is 19.4. The highest BCUT2D eigenvalue weighted by Crippen LogP contribution is 2.19. The van der Waals surface area contributed by atoms with Crippen molar-refractivity contribution >= 4 is 0 Å². The van der Waals surface area contributed by atoms with Gasteiger partial charge in [-0.1, -0.05) is 0 Å². The molecule has 6 heteroatoms. The molecule has 0 bridgehead atoms. The molecule has 92 valence electrons. The molecule has 0 amide bonds. The molecule has 3 nitrogen and oxygen atoms in total. The third-order valence-corrected chi connectivity index (χ3v) is 2.05. The normalized spacial score (nSPS) is 16.8. The maximum atomic E-state index is 11.9. The van der Waals surface area contributed by atoms with E-state index in [2.05, 4.69) is 5.32 Å². The van der Waals surface area contributed by atoms with Crippen LogP contribution in [0.4, 0.5) is 13.2 Å². The smallest absolute Gasteiger partial charge is 0.382 e. The molecule has 0 aliphatic rings. The number of nitrogens with one attached hydrogen (secondary N) is 1. The lowest BCUT2D eigenvalue weighted by molar-refractivity contribution is -0.202. The van der Waals surface area contributed by atoms with E-state index < -0.39 is 18.8 Å². The molecule has 15 heavy (non-hydrogen) atoms.